The fourth-order valence-corrected chi connectivity index (χ4v) is 3.82. The molecule has 3 rings (SSSR count). The molecule has 0 aliphatic carbocycles. The van der Waals surface area contributed by atoms with Gasteiger partial charge in [-0.25, -0.2) is 4.68 Å². The van der Waals surface area contributed by atoms with E-state index in [0.29, 0.717) is 28.5 Å². The standard InChI is InChI=1S/C28H32N4O6/c1-17(2)13-19(14-25(33)29-16-26(34)35)30-28(36)21-15-22(27-23(37-4)7-6-8-24(27)38-5)32(31-21)20-11-9-18(3)10-12-20/h6-13,15,17H,14,16H2,1-5H3,(H,29,33)(H,30,36)(H,34,35)/b19-13+. The number of aromatic nitrogens is 2. The zero-order valence-corrected chi connectivity index (χ0v) is 22.1. The van der Waals surface area contributed by atoms with E-state index in [1.54, 1.807) is 49.2 Å². The lowest BCUT2D eigenvalue weighted by atomic mass is 10.1. The second-order valence-corrected chi connectivity index (χ2v) is 8.94. The average molecular weight is 521 g/mol. The number of benzene rings is 2. The Morgan fingerprint density at radius 2 is 1.68 bits per heavy atom. The lowest BCUT2D eigenvalue weighted by Gasteiger charge is -2.14. The highest BCUT2D eigenvalue weighted by Crippen LogP contribution is 2.39. The molecule has 0 bridgehead atoms. The number of nitrogens with one attached hydrogen (secondary N) is 2. The summed E-state index contributed by atoms with van der Waals surface area (Å²) >= 11 is 0. The number of methoxy groups -OCH3 is 2. The Labute approximate surface area is 221 Å². The van der Waals surface area contributed by atoms with Crippen LogP contribution in [0.4, 0.5) is 0 Å². The quantitative estimate of drug-likeness (QED) is 0.351. The minimum atomic E-state index is -1.15. The molecule has 0 unspecified atom stereocenters. The number of aliphatic carboxylic acids is 1. The minimum absolute atomic E-state index is 0.0242. The predicted molar refractivity (Wildman–Crippen MR) is 142 cm³/mol. The molecule has 10 nitrogen and oxygen atoms in total. The highest BCUT2D eigenvalue weighted by molar-refractivity contribution is 5.96. The first-order valence-corrected chi connectivity index (χ1v) is 12.0. The van der Waals surface area contributed by atoms with E-state index < -0.39 is 24.3 Å². The van der Waals surface area contributed by atoms with E-state index in [2.05, 4.69) is 15.7 Å². The number of carbonyl (C=O) groups excluding carboxylic acids is 2. The molecule has 3 N–H and O–H groups in total. The summed E-state index contributed by atoms with van der Waals surface area (Å²) in [5.41, 5.74) is 3.43. The van der Waals surface area contributed by atoms with Gasteiger partial charge in [-0.15, -0.1) is 0 Å². The van der Waals surface area contributed by atoms with Crippen molar-refractivity contribution in [3.8, 4) is 28.4 Å². The maximum Gasteiger partial charge on any atom is 0.322 e. The second-order valence-electron chi connectivity index (χ2n) is 8.94. The van der Waals surface area contributed by atoms with Gasteiger partial charge in [-0.3, -0.25) is 14.4 Å². The third kappa shape index (κ3) is 7.00. The average Bonchev–Trinajstić information content (AvgIpc) is 3.32. The topological polar surface area (TPSA) is 132 Å². The first-order valence-electron chi connectivity index (χ1n) is 12.0. The van der Waals surface area contributed by atoms with Gasteiger partial charge in [-0.05, 0) is 43.2 Å². The Bertz CT molecular complexity index is 1320. The fraction of sp³-hybridized carbons (Fsp3) is 0.286. The summed E-state index contributed by atoms with van der Waals surface area (Å²) in [6.07, 6.45) is 1.54. The molecular weight excluding hydrogens is 488 g/mol. The van der Waals surface area contributed by atoms with Gasteiger partial charge in [-0.1, -0.05) is 43.7 Å². The summed E-state index contributed by atoms with van der Waals surface area (Å²) in [5.74, 6) is -1.10. The molecule has 0 radical (unpaired) electrons. The van der Waals surface area contributed by atoms with Gasteiger partial charge in [0.05, 0.1) is 37.6 Å². The molecule has 0 saturated heterocycles. The van der Waals surface area contributed by atoms with Crippen molar-refractivity contribution < 1.29 is 29.0 Å². The first kappa shape index (κ1) is 28.0. The number of hydrogen-bond acceptors (Lipinski definition) is 6. The Balaban J connectivity index is 2.04. The number of ether oxygens (including phenoxy) is 2. The Morgan fingerprint density at radius 1 is 1.05 bits per heavy atom. The van der Waals surface area contributed by atoms with Crippen LogP contribution in [-0.4, -0.2) is 53.4 Å². The Morgan fingerprint density at radius 3 is 2.24 bits per heavy atom. The van der Waals surface area contributed by atoms with Crippen molar-refractivity contribution in [2.45, 2.75) is 27.2 Å². The van der Waals surface area contributed by atoms with Gasteiger partial charge < -0.3 is 25.2 Å². The van der Waals surface area contributed by atoms with Crippen LogP contribution < -0.4 is 20.1 Å². The van der Waals surface area contributed by atoms with E-state index in [1.165, 1.54) is 0 Å². The molecule has 0 aliphatic rings. The molecule has 2 amide bonds. The van der Waals surface area contributed by atoms with E-state index in [9.17, 15) is 14.4 Å². The van der Waals surface area contributed by atoms with Crippen molar-refractivity contribution in [2.24, 2.45) is 5.92 Å². The molecule has 200 valence electrons. The molecule has 1 aromatic heterocycles. The minimum Gasteiger partial charge on any atom is -0.496 e. The number of hydrogen-bond donors (Lipinski definition) is 3. The highest BCUT2D eigenvalue weighted by Gasteiger charge is 2.23. The van der Waals surface area contributed by atoms with E-state index in [-0.39, 0.29) is 18.0 Å². The van der Waals surface area contributed by atoms with Crippen LogP contribution in [0.2, 0.25) is 0 Å². The third-order valence-electron chi connectivity index (χ3n) is 5.50. The van der Waals surface area contributed by atoms with Gasteiger partial charge in [0.25, 0.3) is 5.91 Å². The number of carboxylic acids is 1. The van der Waals surface area contributed by atoms with Crippen molar-refractivity contribution in [1.82, 2.24) is 20.4 Å². The molecule has 0 atom stereocenters. The molecule has 0 fully saturated rings. The van der Waals surface area contributed by atoms with Gasteiger partial charge in [0.2, 0.25) is 5.91 Å². The summed E-state index contributed by atoms with van der Waals surface area (Å²) < 4.78 is 12.8. The van der Waals surface area contributed by atoms with Crippen LogP contribution >= 0.6 is 0 Å². The number of rotatable bonds is 11. The summed E-state index contributed by atoms with van der Waals surface area (Å²) in [7, 11) is 3.10. The number of nitrogens with zero attached hydrogens (tertiary/aromatic N) is 2. The molecule has 38 heavy (non-hydrogen) atoms. The summed E-state index contributed by atoms with van der Waals surface area (Å²) in [5, 5.41) is 18.5. The van der Waals surface area contributed by atoms with Crippen molar-refractivity contribution in [1.29, 1.82) is 0 Å². The van der Waals surface area contributed by atoms with E-state index in [1.807, 2.05) is 45.0 Å². The summed E-state index contributed by atoms with van der Waals surface area (Å²) in [6.45, 7) is 5.27. The third-order valence-corrected chi connectivity index (χ3v) is 5.50. The SMILES string of the molecule is COc1cccc(OC)c1-c1cc(C(=O)N/C(=C/C(C)C)CC(=O)NCC(=O)O)nn1-c1ccc(C)cc1. The van der Waals surface area contributed by atoms with Crippen LogP contribution in [0.15, 0.2) is 60.3 Å². The lowest BCUT2D eigenvalue weighted by Crippen LogP contribution is -2.32. The van der Waals surface area contributed by atoms with Crippen LogP contribution in [0.25, 0.3) is 16.9 Å². The van der Waals surface area contributed by atoms with Gasteiger partial charge in [0.15, 0.2) is 5.69 Å². The number of carboxylic acid groups (broad SMARTS) is 1. The van der Waals surface area contributed by atoms with Crippen LogP contribution in [0.3, 0.4) is 0 Å². The van der Waals surface area contributed by atoms with Crippen LogP contribution in [0, 0.1) is 12.8 Å². The molecule has 0 spiro atoms. The largest absolute Gasteiger partial charge is 0.496 e. The summed E-state index contributed by atoms with van der Waals surface area (Å²) in [4.78, 5) is 36.4. The molecule has 1 heterocycles. The smallest absolute Gasteiger partial charge is 0.322 e. The maximum atomic E-state index is 13.4. The zero-order valence-electron chi connectivity index (χ0n) is 22.1. The molecule has 2 aromatic carbocycles. The normalized spacial score (nSPS) is 11.3. The molecule has 10 heteroatoms. The number of amides is 2. The zero-order chi connectivity index (χ0) is 27.8. The monoisotopic (exact) mass is 520 g/mol. The molecular formula is C28H32N4O6. The summed E-state index contributed by atoms with van der Waals surface area (Å²) in [6, 6.07) is 14.7. The van der Waals surface area contributed by atoms with E-state index in [0.717, 1.165) is 11.3 Å². The Kier molecular flexibility index (Phi) is 9.26. The van der Waals surface area contributed by atoms with Crippen molar-refractivity contribution in [3.63, 3.8) is 0 Å². The Hall–Kier alpha value is -4.60. The number of carbonyl (C=O) groups is 3. The molecule has 3 aromatic rings. The fourth-order valence-electron chi connectivity index (χ4n) is 3.82. The second kappa shape index (κ2) is 12.6. The maximum absolute atomic E-state index is 13.4. The first-order chi connectivity index (χ1) is 18.1. The van der Waals surface area contributed by atoms with Gasteiger partial charge >= 0.3 is 5.97 Å². The van der Waals surface area contributed by atoms with Crippen molar-refractivity contribution >= 4 is 17.8 Å². The van der Waals surface area contributed by atoms with E-state index in [4.69, 9.17) is 14.6 Å². The molecule has 0 aliphatic heterocycles. The van der Waals surface area contributed by atoms with Crippen molar-refractivity contribution in [3.05, 3.63) is 71.6 Å². The van der Waals surface area contributed by atoms with Gasteiger partial charge in [0.1, 0.15) is 18.0 Å². The van der Waals surface area contributed by atoms with Gasteiger partial charge in [0, 0.05) is 5.70 Å². The number of aryl methyl sites for hydroxylation is 1. The predicted octanol–water partition coefficient (Wildman–Crippen LogP) is 3.73. The van der Waals surface area contributed by atoms with Crippen molar-refractivity contribution in [2.75, 3.05) is 20.8 Å². The number of allylic oxidation sites excluding steroid dienone is 1. The highest BCUT2D eigenvalue weighted by atomic mass is 16.5. The van der Waals surface area contributed by atoms with Gasteiger partial charge in [-0.2, -0.15) is 5.10 Å². The van der Waals surface area contributed by atoms with Crippen LogP contribution in [0.1, 0.15) is 36.3 Å². The van der Waals surface area contributed by atoms with E-state index >= 15 is 0 Å². The lowest BCUT2D eigenvalue weighted by molar-refractivity contribution is -0.137. The molecule has 0 saturated carbocycles. The van der Waals surface area contributed by atoms with Crippen LogP contribution in [0.5, 0.6) is 11.5 Å². The van der Waals surface area contributed by atoms with Crippen LogP contribution in [-0.2, 0) is 9.59 Å².